The van der Waals surface area contributed by atoms with E-state index in [0.717, 1.165) is 41.4 Å². The van der Waals surface area contributed by atoms with Gasteiger partial charge in [-0.15, -0.1) is 0 Å². The highest BCUT2D eigenvalue weighted by Crippen LogP contribution is 2.29. The van der Waals surface area contributed by atoms with Gasteiger partial charge in [-0.2, -0.15) is 0 Å². The van der Waals surface area contributed by atoms with E-state index in [1.54, 1.807) is 6.07 Å². The van der Waals surface area contributed by atoms with Crippen molar-refractivity contribution in [2.75, 3.05) is 19.0 Å². The van der Waals surface area contributed by atoms with Crippen LogP contribution >= 0.6 is 0 Å². The molecule has 0 saturated carbocycles. The lowest BCUT2D eigenvalue weighted by atomic mass is 10.1. The minimum atomic E-state index is -0.393. The molecule has 1 N–H and O–H groups in total. The van der Waals surface area contributed by atoms with E-state index in [9.17, 15) is 4.39 Å². The first-order valence-corrected chi connectivity index (χ1v) is 7.06. The fourth-order valence-electron chi connectivity index (χ4n) is 2.16. The Balaban J connectivity index is 2.56. The SMILES string of the molecule is CCNc1nc(CC)nc(-c2ccc(OC)c(F)c2)c1C. The third-order valence-electron chi connectivity index (χ3n) is 3.28. The van der Waals surface area contributed by atoms with Crippen molar-refractivity contribution in [3.63, 3.8) is 0 Å². The Labute approximate surface area is 124 Å². The minimum absolute atomic E-state index is 0.230. The summed E-state index contributed by atoms with van der Waals surface area (Å²) in [5.74, 6) is 1.38. The van der Waals surface area contributed by atoms with Crippen molar-refractivity contribution in [3.8, 4) is 17.0 Å². The molecule has 112 valence electrons. The number of methoxy groups -OCH3 is 1. The fourth-order valence-corrected chi connectivity index (χ4v) is 2.16. The van der Waals surface area contributed by atoms with Crippen LogP contribution in [0.15, 0.2) is 18.2 Å². The molecule has 0 aliphatic carbocycles. The maximum Gasteiger partial charge on any atom is 0.165 e. The van der Waals surface area contributed by atoms with E-state index in [0.29, 0.717) is 0 Å². The van der Waals surface area contributed by atoms with Gasteiger partial charge in [0, 0.05) is 24.1 Å². The summed E-state index contributed by atoms with van der Waals surface area (Å²) in [6.45, 7) is 6.73. The topological polar surface area (TPSA) is 47.0 Å². The van der Waals surface area contributed by atoms with Gasteiger partial charge >= 0.3 is 0 Å². The Morgan fingerprint density at radius 3 is 2.57 bits per heavy atom. The molecule has 0 unspecified atom stereocenters. The van der Waals surface area contributed by atoms with Crippen LogP contribution in [0.2, 0.25) is 0 Å². The van der Waals surface area contributed by atoms with Crippen molar-refractivity contribution in [1.29, 1.82) is 0 Å². The molecule has 1 heterocycles. The second kappa shape index (κ2) is 6.52. The standard InChI is InChI=1S/C16H20FN3O/c1-5-14-19-15(10(3)16(20-14)18-6-2)11-7-8-13(21-4)12(17)9-11/h7-9H,5-6H2,1-4H3,(H,18,19,20). The monoisotopic (exact) mass is 289 g/mol. The summed E-state index contributed by atoms with van der Waals surface area (Å²) < 4.78 is 18.9. The van der Waals surface area contributed by atoms with Gasteiger partial charge in [0.25, 0.3) is 0 Å². The highest BCUT2D eigenvalue weighted by molar-refractivity contribution is 5.68. The van der Waals surface area contributed by atoms with E-state index in [2.05, 4.69) is 15.3 Å². The van der Waals surface area contributed by atoms with Gasteiger partial charge in [0.15, 0.2) is 11.6 Å². The first-order chi connectivity index (χ1) is 10.1. The molecule has 0 aliphatic heterocycles. The highest BCUT2D eigenvalue weighted by atomic mass is 19.1. The molecule has 1 aromatic carbocycles. The molecule has 0 amide bonds. The lowest BCUT2D eigenvalue weighted by molar-refractivity contribution is 0.386. The lowest BCUT2D eigenvalue weighted by Gasteiger charge is -2.13. The summed E-state index contributed by atoms with van der Waals surface area (Å²) >= 11 is 0. The van der Waals surface area contributed by atoms with Gasteiger partial charge in [-0.1, -0.05) is 6.92 Å². The first-order valence-electron chi connectivity index (χ1n) is 7.06. The number of benzene rings is 1. The maximum absolute atomic E-state index is 13.9. The van der Waals surface area contributed by atoms with Crippen LogP contribution in [0.4, 0.5) is 10.2 Å². The van der Waals surface area contributed by atoms with E-state index < -0.39 is 5.82 Å². The van der Waals surface area contributed by atoms with Crippen molar-refractivity contribution in [3.05, 3.63) is 35.4 Å². The Morgan fingerprint density at radius 1 is 1.24 bits per heavy atom. The van der Waals surface area contributed by atoms with E-state index >= 15 is 0 Å². The lowest BCUT2D eigenvalue weighted by Crippen LogP contribution is -2.07. The average Bonchev–Trinajstić information content (AvgIpc) is 2.49. The summed E-state index contributed by atoms with van der Waals surface area (Å²) in [5.41, 5.74) is 2.39. The van der Waals surface area contributed by atoms with E-state index in [1.807, 2.05) is 26.8 Å². The quantitative estimate of drug-likeness (QED) is 0.913. The zero-order chi connectivity index (χ0) is 15.4. The number of hydrogen-bond acceptors (Lipinski definition) is 4. The highest BCUT2D eigenvalue weighted by Gasteiger charge is 2.13. The molecule has 0 spiro atoms. The smallest absolute Gasteiger partial charge is 0.165 e. The average molecular weight is 289 g/mol. The van der Waals surface area contributed by atoms with Crippen molar-refractivity contribution >= 4 is 5.82 Å². The molecule has 0 radical (unpaired) electrons. The zero-order valence-electron chi connectivity index (χ0n) is 12.8. The number of rotatable bonds is 5. The largest absolute Gasteiger partial charge is 0.494 e. The van der Waals surface area contributed by atoms with Gasteiger partial charge in [0.1, 0.15) is 11.6 Å². The Hall–Kier alpha value is -2.17. The summed E-state index contributed by atoms with van der Waals surface area (Å²) in [6, 6.07) is 4.88. The molecule has 1 aromatic heterocycles. The van der Waals surface area contributed by atoms with Crippen LogP contribution in [0.1, 0.15) is 25.2 Å². The van der Waals surface area contributed by atoms with Crippen LogP contribution in [-0.2, 0) is 6.42 Å². The molecule has 0 fully saturated rings. The van der Waals surface area contributed by atoms with E-state index in [-0.39, 0.29) is 5.75 Å². The van der Waals surface area contributed by atoms with Crippen LogP contribution in [0, 0.1) is 12.7 Å². The normalized spacial score (nSPS) is 10.5. The summed E-state index contributed by atoms with van der Waals surface area (Å²) in [4.78, 5) is 9.02. The molecule has 0 bridgehead atoms. The number of aromatic nitrogens is 2. The van der Waals surface area contributed by atoms with Crippen LogP contribution < -0.4 is 10.1 Å². The minimum Gasteiger partial charge on any atom is -0.494 e. The fraction of sp³-hybridized carbons (Fsp3) is 0.375. The first kappa shape index (κ1) is 15.2. The van der Waals surface area contributed by atoms with E-state index in [1.165, 1.54) is 13.2 Å². The van der Waals surface area contributed by atoms with Gasteiger partial charge in [-0.3, -0.25) is 0 Å². The maximum atomic E-state index is 13.9. The number of ether oxygens (including phenoxy) is 1. The number of nitrogens with one attached hydrogen (secondary N) is 1. The molecule has 21 heavy (non-hydrogen) atoms. The third kappa shape index (κ3) is 3.12. The van der Waals surface area contributed by atoms with Gasteiger partial charge in [0.05, 0.1) is 12.8 Å². The number of halogens is 1. The second-order valence-corrected chi connectivity index (χ2v) is 4.70. The van der Waals surface area contributed by atoms with Gasteiger partial charge < -0.3 is 10.1 Å². The molecule has 4 nitrogen and oxygen atoms in total. The molecular weight excluding hydrogens is 269 g/mol. The molecule has 5 heteroatoms. The van der Waals surface area contributed by atoms with Crippen molar-refractivity contribution < 1.29 is 9.13 Å². The Bertz CT molecular complexity index is 644. The van der Waals surface area contributed by atoms with Gasteiger partial charge in [-0.25, -0.2) is 14.4 Å². The molecule has 0 aliphatic rings. The molecule has 0 atom stereocenters. The number of hydrogen-bond donors (Lipinski definition) is 1. The van der Waals surface area contributed by atoms with Crippen LogP contribution in [-0.4, -0.2) is 23.6 Å². The van der Waals surface area contributed by atoms with Crippen molar-refractivity contribution in [2.24, 2.45) is 0 Å². The molecule has 2 aromatic rings. The van der Waals surface area contributed by atoms with Crippen LogP contribution in [0.3, 0.4) is 0 Å². The summed E-state index contributed by atoms with van der Waals surface area (Å²) in [7, 11) is 1.45. The number of nitrogens with zero attached hydrogens (tertiary/aromatic N) is 2. The summed E-state index contributed by atoms with van der Waals surface area (Å²) in [6.07, 6.45) is 0.726. The van der Waals surface area contributed by atoms with Crippen LogP contribution in [0.25, 0.3) is 11.3 Å². The number of aryl methyl sites for hydroxylation is 1. The van der Waals surface area contributed by atoms with Gasteiger partial charge in [-0.05, 0) is 32.0 Å². The van der Waals surface area contributed by atoms with E-state index in [4.69, 9.17) is 4.74 Å². The van der Waals surface area contributed by atoms with Crippen LogP contribution in [0.5, 0.6) is 5.75 Å². The predicted molar refractivity (Wildman–Crippen MR) is 82.3 cm³/mol. The zero-order valence-corrected chi connectivity index (χ0v) is 12.8. The van der Waals surface area contributed by atoms with Gasteiger partial charge in [0.2, 0.25) is 0 Å². The van der Waals surface area contributed by atoms with Crippen molar-refractivity contribution in [1.82, 2.24) is 9.97 Å². The Kier molecular flexibility index (Phi) is 4.73. The predicted octanol–water partition coefficient (Wildman–Crippen LogP) is 3.59. The molecule has 0 saturated heterocycles. The molecular formula is C16H20FN3O. The third-order valence-corrected chi connectivity index (χ3v) is 3.28. The second-order valence-electron chi connectivity index (χ2n) is 4.70. The van der Waals surface area contributed by atoms with Crippen molar-refractivity contribution in [2.45, 2.75) is 27.2 Å². The molecule has 2 rings (SSSR count). The number of anilines is 1. The Morgan fingerprint density at radius 2 is 2.00 bits per heavy atom. The summed E-state index contributed by atoms with van der Waals surface area (Å²) in [5, 5.41) is 3.23.